The fourth-order valence-electron chi connectivity index (χ4n) is 2.01. The molecule has 0 amide bonds. The first-order chi connectivity index (χ1) is 8.19. The van der Waals surface area contributed by atoms with Gasteiger partial charge >= 0.3 is 0 Å². The van der Waals surface area contributed by atoms with Gasteiger partial charge in [0.2, 0.25) is 0 Å². The van der Waals surface area contributed by atoms with Crippen LogP contribution >= 0.6 is 11.6 Å². The Morgan fingerprint density at radius 3 is 2.12 bits per heavy atom. The van der Waals surface area contributed by atoms with E-state index in [0.29, 0.717) is 5.92 Å². The molecule has 17 heavy (non-hydrogen) atoms. The molecule has 1 aromatic rings. The number of halogens is 1. The third-order valence-corrected chi connectivity index (χ3v) is 4.01. The minimum absolute atomic E-state index is 0.188. The van der Waals surface area contributed by atoms with Crippen LogP contribution in [0.25, 0.3) is 0 Å². The normalized spacial score (nSPS) is 14.6. The fourth-order valence-corrected chi connectivity index (χ4v) is 2.31. The average Bonchev–Trinajstić information content (AvgIpc) is 2.38. The summed E-state index contributed by atoms with van der Waals surface area (Å²) in [6.45, 7) is 6.73. The van der Waals surface area contributed by atoms with Gasteiger partial charge in [-0.25, -0.2) is 0 Å². The van der Waals surface area contributed by atoms with Gasteiger partial charge < -0.3 is 0 Å². The molecule has 0 aliphatic rings. The van der Waals surface area contributed by atoms with Gasteiger partial charge in [-0.1, -0.05) is 64.3 Å². The molecule has 0 bridgehead atoms. The second-order valence-electron chi connectivity index (χ2n) is 4.94. The molecular formula is C16H25Cl. The van der Waals surface area contributed by atoms with Crippen LogP contribution in [0.3, 0.4) is 0 Å². The zero-order valence-electron chi connectivity index (χ0n) is 11.4. The summed E-state index contributed by atoms with van der Waals surface area (Å²) in [4.78, 5) is 0. The summed E-state index contributed by atoms with van der Waals surface area (Å²) in [5.74, 6) is 0.651. The Kier molecular flexibility index (Phi) is 6.65. The van der Waals surface area contributed by atoms with Gasteiger partial charge in [0.15, 0.2) is 0 Å². The minimum Gasteiger partial charge on any atom is -0.118 e. The summed E-state index contributed by atoms with van der Waals surface area (Å²) in [6.07, 6.45) is 6.07. The zero-order chi connectivity index (χ0) is 12.7. The van der Waals surface area contributed by atoms with Crippen LogP contribution < -0.4 is 0 Å². The van der Waals surface area contributed by atoms with E-state index in [4.69, 9.17) is 11.6 Å². The van der Waals surface area contributed by atoms with E-state index in [-0.39, 0.29) is 5.38 Å². The molecule has 0 saturated carbocycles. The van der Waals surface area contributed by atoms with Crippen molar-refractivity contribution in [3.8, 4) is 0 Å². The molecule has 0 N–H and O–H groups in total. The van der Waals surface area contributed by atoms with Gasteiger partial charge in [-0.3, -0.25) is 0 Å². The zero-order valence-corrected chi connectivity index (χ0v) is 12.1. The van der Waals surface area contributed by atoms with Crippen molar-refractivity contribution in [3.05, 3.63) is 35.4 Å². The van der Waals surface area contributed by atoms with Crippen LogP contribution in [0.1, 0.15) is 75.3 Å². The molecule has 0 aliphatic heterocycles. The van der Waals surface area contributed by atoms with Crippen LogP contribution in [0, 0.1) is 0 Å². The number of hydrogen-bond acceptors (Lipinski definition) is 0. The molecule has 0 heterocycles. The maximum absolute atomic E-state index is 6.41. The maximum atomic E-state index is 6.41. The molecule has 1 rings (SSSR count). The van der Waals surface area contributed by atoms with Crippen molar-refractivity contribution < 1.29 is 0 Å². The quantitative estimate of drug-likeness (QED) is 0.409. The van der Waals surface area contributed by atoms with Crippen molar-refractivity contribution >= 4 is 11.6 Å². The topological polar surface area (TPSA) is 0 Å². The third-order valence-electron chi connectivity index (χ3n) is 3.54. The molecule has 0 aliphatic carbocycles. The Hall–Kier alpha value is -0.490. The lowest BCUT2D eigenvalue weighted by Gasteiger charge is -2.13. The molecule has 96 valence electrons. The Bertz CT molecular complexity index is 302. The van der Waals surface area contributed by atoms with E-state index < -0.39 is 0 Å². The van der Waals surface area contributed by atoms with E-state index >= 15 is 0 Å². The summed E-state index contributed by atoms with van der Waals surface area (Å²) in [6, 6.07) is 8.87. The average molecular weight is 253 g/mol. The summed E-state index contributed by atoms with van der Waals surface area (Å²) in [5, 5.41) is 0.188. The smallest absolute Gasteiger partial charge is 0.0585 e. The Morgan fingerprint density at radius 2 is 1.59 bits per heavy atom. The predicted octanol–water partition coefficient (Wildman–Crippen LogP) is 6.06. The highest BCUT2D eigenvalue weighted by Crippen LogP contribution is 2.28. The highest BCUT2D eigenvalue weighted by atomic mass is 35.5. The molecule has 0 nitrogen and oxygen atoms in total. The molecule has 2 atom stereocenters. The standard InChI is InChI=1S/C16H25Cl/c1-4-6-7-8-16(17)15-11-9-14(10-12-15)13(3)5-2/h9-13,16H,4-8H2,1-3H3. The van der Waals surface area contributed by atoms with E-state index in [9.17, 15) is 0 Å². The molecule has 0 fully saturated rings. The first-order valence-electron chi connectivity index (χ1n) is 6.92. The Balaban J connectivity index is 2.54. The lowest BCUT2D eigenvalue weighted by atomic mass is 9.96. The Labute approximate surface area is 111 Å². The molecule has 0 spiro atoms. The number of hydrogen-bond donors (Lipinski definition) is 0. The summed E-state index contributed by atoms with van der Waals surface area (Å²) in [5.41, 5.74) is 2.70. The van der Waals surface area contributed by atoms with E-state index in [0.717, 1.165) is 6.42 Å². The van der Waals surface area contributed by atoms with Crippen LogP contribution in [0.15, 0.2) is 24.3 Å². The van der Waals surface area contributed by atoms with Crippen molar-refractivity contribution in [3.63, 3.8) is 0 Å². The molecule has 0 aromatic heterocycles. The van der Waals surface area contributed by atoms with Gasteiger partial charge in [0.1, 0.15) is 0 Å². The van der Waals surface area contributed by atoms with Crippen molar-refractivity contribution in [1.82, 2.24) is 0 Å². The molecule has 1 heteroatoms. The fraction of sp³-hybridized carbons (Fsp3) is 0.625. The molecule has 2 unspecified atom stereocenters. The van der Waals surface area contributed by atoms with Gasteiger partial charge in [-0.05, 0) is 29.9 Å². The second-order valence-corrected chi connectivity index (χ2v) is 5.47. The van der Waals surface area contributed by atoms with Crippen LogP contribution in [-0.4, -0.2) is 0 Å². The van der Waals surface area contributed by atoms with Gasteiger partial charge in [0.05, 0.1) is 5.38 Å². The number of unbranched alkanes of at least 4 members (excludes halogenated alkanes) is 2. The SMILES string of the molecule is CCCCCC(Cl)c1ccc(C(C)CC)cc1. The number of benzene rings is 1. The molecule has 1 aromatic carbocycles. The van der Waals surface area contributed by atoms with Crippen LogP contribution in [0.2, 0.25) is 0 Å². The summed E-state index contributed by atoms with van der Waals surface area (Å²) < 4.78 is 0. The first kappa shape index (κ1) is 14.6. The lowest BCUT2D eigenvalue weighted by Crippen LogP contribution is -1.94. The van der Waals surface area contributed by atoms with Gasteiger partial charge in [0, 0.05) is 0 Å². The van der Waals surface area contributed by atoms with Crippen LogP contribution in [0.5, 0.6) is 0 Å². The maximum Gasteiger partial charge on any atom is 0.0585 e. The van der Waals surface area contributed by atoms with E-state index in [1.54, 1.807) is 0 Å². The van der Waals surface area contributed by atoms with E-state index in [2.05, 4.69) is 45.0 Å². The van der Waals surface area contributed by atoms with E-state index in [1.165, 1.54) is 36.8 Å². The second kappa shape index (κ2) is 7.76. The number of alkyl halides is 1. The number of rotatable bonds is 7. The van der Waals surface area contributed by atoms with Crippen molar-refractivity contribution in [2.75, 3.05) is 0 Å². The minimum atomic E-state index is 0.188. The van der Waals surface area contributed by atoms with Gasteiger partial charge in [0.25, 0.3) is 0 Å². The van der Waals surface area contributed by atoms with E-state index in [1.807, 2.05) is 0 Å². The monoisotopic (exact) mass is 252 g/mol. The highest BCUT2D eigenvalue weighted by molar-refractivity contribution is 6.20. The molecule has 0 saturated heterocycles. The highest BCUT2D eigenvalue weighted by Gasteiger charge is 2.08. The third kappa shape index (κ3) is 4.71. The predicted molar refractivity (Wildman–Crippen MR) is 77.9 cm³/mol. The van der Waals surface area contributed by atoms with Gasteiger partial charge in [-0.15, -0.1) is 11.6 Å². The van der Waals surface area contributed by atoms with Crippen molar-refractivity contribution in [2.45, 2.75) is 64.2 Å². The Morgan fingerprint density at radius 1 is 1.00 bits per heavy atom. The largest absolute Gasteiger partial charge is 0.118 e. The summed E-state index contributed by atoms with van der Waals surface area (Å²) in [7, 11) is 0. The molecule has 0 radical (unpaired) electrons. The summed E-state index contributed by atoms with van der Waals surface area (Å²) >= 11 is 6.41. The van der Waals surface area contributed by atoms with Crippen molar-refractivity contribution in [1.29, 1.82) is 0 Å². The first-order valence-corrected chi connectivity index (χ1v) is 7.36. The van der Waals surface area contributed by atoms with Crippen LogP contribution in [-0.2, 0) is 0 Å². The van der Waals surface area contributed by atoms with Crippen LogP contribution in [0.4, 0.5) is 0 Å². The van der Waals surface area contributed by atoms with Crippen molar-refractivity contribution in [2.24, 2.45) is 0 Å². The molecular weight excluding hydrogens is 228 g/mol. The lowest BCUT2D eigenvalue weighted by molar-refractivity contribution is 0.655. The van der Waals surface area contributed by atoms with Gasteiger partial charge in [-0.2, -0.15) is 0 Å².